The Bertz CT molecular complexity index is 1560. The summed E-state index contributed by atoms with van der Waals surface area (Å²) in [6.45, 7) is 0. The maximum atomic E-state index is 10.3. The zero-order valence-corrected chi connectivity index (χ0v) is 16.4. The van der Waals surface area contributed by atoms with E-state index in [1.807, 2.05) is 75.9 Å². The molecule has 3 aromatic carbocycles. The minimum atomic E-state index is 0.203. The fourth-order valence-corrected chi connectivity index (χ4v) is 3.93. The molecule has 0 saturated heterocycles. The molecule has 0 bridgehead atoms. The molecular formula is C25H17N5O. The van der Waals surface area contributed by atoms with Crippen LogP contribution in [0, 0.1) is 6.33 Å². The Morgan fingerprint density at radius 2 is 1.71 bits per heavy atom. The van der Waals surface area contributed by atoms with Crippen molar-refractivity contribution in [3.05, 3.63) is 97.6 Å². The zero-order valence-electron chi connectivity index (χ0n) is 16.4. The van der Waals surface area contributed by atoms with E-state index < -0.39 is 0 Å². The topological polar surface area (TPSA) is 70.6 Å². The molecule has 0 atom stereocenters. The smallest absolute Gasteiger partial charge is 0.203 e. The molecule has 6 heteroatoms. The zero-order chi connectivity index (χ0) is 20.8. The van der Waals surface area contributed by atoms with Crippen LogP contribution in [0.4, 0.5) is 0 Å². The number of nitrogens with zero attached hydrogens (tertiary/aromatic N) is 4. The van der Waals surface area contributed by atoms with Crippen molar-refractivity contribution in [3.8, 4) is 28.5 Å². The van der Waals surface area contributed by atoms with Crippen LogP contribution in [0.5, 0.6) is 5.75 Å². The Morgan fingerprint density at radius 3 is 2.65 bits per heavy atom. The summed E-state index contributed by atoms with van der Waals surface area (Å²) in [5.41, 5.74) is 6.13. The van der Waals surface area contributed by atoms with Crippen molar-refractivity contribution < 1.29 is 9.67 Å². The third kappa shape index (κ3) is 2.77. The number of rotatable bonds is 3. The van der Waals surface area contributed by atoms with Crippen molar-refractivity contribution in [1.29, 1.82) is 0 Å². The predicted molar refractivity (Wildman–Crippen MR) is 118 cm³/mol. The fourth-order valence-electron chi connectivity index (χ4n) is 3.93. The van der Waals surface area contributed by atoms with Crippen LogP contribution in [0.15, 0.2) is 91.3 Å². The number of hydrogen-bond acceptors (Lipinski definition) is 3. The molecule has 31 heavy (non-hydrogen) atoms. The van der Waals surface area contributed by atoms with Crippen LogP contribution >= 0.6 is 0 Å². The van der Waals surface area contributed by atoms with Crippen molar-refractivity contribution in [2.45, 2.75) is 0 Å². The highest BCUT2D eigenvalue weighted by atomic mass is 16.3. The van der Waals surface area contributed by atoms with Gasteiger partial charge in [0.05, 0.1) is 28.6 Å². The lowest BCUT2D eigenvalue weighted by Gasteiger charge is -2.06. The van der Waals surface area contributed by atoms with Gasteiger partial charge in [0.1, 0.15) is 11.4 Å². The molecule has 0 radical (unpaired) electrons. The fraction of sp³-hybridized carbons (Fsp3) is 0. The number of aromatic nitrogens is 5. The Kier molecular flexibility index (Phi) is 3.83. The molecule has 0 unspecified atom stereocenters. The highest BCUT2D eigenvalue weighted by Crippen LogP contribution is 2.28. The van der Waals surface area contributed by atoms with E-state index in [9.17, 15) is 5.11 Å². The number of H-pyrrole nitrogens is 1. The third-order valence-corrected chi connectivity index (χ3v) is 5.38. The molecule has 3 aromatic heterocycles. The maximum absolute atomic E-state index is 10.3. The number of aromatic amines is 1. The maximum Gasteiger partial charge on any atom is 0.203 e. The standard InChI is InChI=1S/C25H17N5O/c31-23-13-4-1-7-17(23)18-8-6-14-24(28-18)30-16-29(20-10-2-3-11-21(20)30)22-12-5-9-19-25(22)27-15-26-19/h1-15,31H,(H,26,27). The first-order valence-corrected chi connectivity index (χ1v) is 9.93. The Labute approximate surface area is 177 Å². The number of phenols is 1. The second kappa shape index (κ2) is 6.81. The SMILES string of the molecule is Oc1ccccc1-c1cccc(-[n+]2[c-]n(-c3cccc4[nH]cnc34)c3ccccc32)n1. The van der Waals surface area contributed by atoms with E-state index in [0.717, 1.165) is 27.8 Å². The molecule has 148 valence electrons. The molecule has 6 aromatic rings. The van der Waals surface area contributed by atoms with E-state index in [4.69, 9.17) is 4.98 Å². The second-order valence-corrected chi connectivity index (χ2v) is 7.23. The van der Waals surface area contributed by atoms with Gasteiger partial charge < -0.3 is 14.7 Å². The van der Waals surface area contributed by atoms with E-state index in [-0.39, 0.29) is 5.75 Å². The summed E-state index contributed by atoms with van der Waals surface area (Å²) in [7, 11) is 0. The van der Waals surface area contributed by atoms with Crippen molar-refractivity contribution in [2.24, 2.45) is 0 Å². The molecule has 6 nitrogen and oxygen atoms in total. The first kappa shape index (κ1) is 17.4. The van der Waals surface area contributed by atoms with Crippen molar-refractivity contribution in [3.63, 3.8) is 0 Å². The molecule has 2 N–H and O–H groups in total. The molecule has 6 rings (SSSR count). The van der Waals surface area contributed by atoms with Crippen LogP contribution in [0.3, 0.4) is 0 Å². The van der Waals surface area contributed by atoms with Gasteiger partial charge in [0.2, 0.25) is 5.82 Å². The van der Waals surface area contributed by atoms with Crippen molar-refractivity contribution in [1.82, 2.24) is 19.5 Å². The van der Waals surface area contributed by atoms with Gasteiger partial charge in [-0.3, -0.25) is 4.57 Å². The molecular weight excluding hydrogens is 386 g/mol. The van der Waals surface area contributed by atoms with E-state index in [1.54, 1.807) is 18.5 Å². The number of para-hydroxylation sites is 4. The van der Waals surface area contributed by atoms with E-state index in [1.165, 1.54) is 0 Å². The number of benzene rings is 3. The van der Waals surface area contributed by atoms with E-state index >= 15 is 0 Å². The number of nitrogens with one attached hydrogen (secondary N) is 1. The summed E-state index contributed by atoms with van der Waals surface area (Å²) in [5.74, 6) is 0.915. The Morgan fingerprint density at radius 1 is 0.871 bits per heavy atom. The van der Waals surface area contributed by atoms with Gasteiger partial charge in [-0.25, -0.2) is 4.98 Å². The minimum absolute atomic E-state index is 0.203. The summed E-state index contributed by atoms with van der Waals surface area (Å²) in [6, 6.07) is 27.1. The highest BCUT2D eigenvalue weighted by molar-refractivity contribution is 5.86. The minimum Gasteiger partial charge on any atom is -0.507 e. The normalized spacial score (nSPS) is 11.4. The van der Waals surface area contributed by atoms with Gasteiger partial charge in [0.15, 0.2) is 6.33 Å². The van der Waals surface area contributed by atoms with Crippen LogP contribution in [-0.2, 0) is 0 Å². The van der Waals surface area contributed by atoms with Gasteiger partial charge in [-0.1, -0.05) is 54.6 Å². The van der Waals surface area contributed by atoms with E-state index in [2.05, 4.69) is 22.4 Å². The molecule has 0 aliphatic heterocycles. The molecule has 0 aliphatic carbocycles. The van der Waals surface area contributed by atoms with Crippen LogP contribution < -0.4 is 4.57 Å². The average molecular weight is 403 g/mol. The molecule has 0 amide bonds. The molecule has 0 aliphatic rings. The second-order valence-electron chi connectivity index (χ2n) is 7.23. The lowest BCUT2D eigenvalue weighted by atomic mass is 10.1. The highest BCUT2D eigenvalue weighted by Gasteiger charge is 2.15. The van der Waals surface area contributed by atoms with Crippen molar-refractivity contribution >= 4 is 22.1 Å². The van der Waals surface area contributed by atoms with Gasteiger partial charge in [-0.05, 0) is 30.3 Å². The first-order chi connectivity index (χ1) is 15.3. The predicted octanol–water partition coefficient (Wildman–Crippen LogP) is 4.35. The monoisotopic (exact) mass is 403 g/mol. The molecule has 0 fully saturated rings. The molecule has 0 saturated carbocycles. The van der Waals surface area contributed by atoms with Crippen LogP contribution in [-0.4, -0.2) is 24.6 Å². The van der Waals surface area contributed by atoms with Gasteiger partial charge in [0, 0.05) is 11.0 Å². The quantitative estimate of drug-likeness (QED) is 0.341. The Hall–Kier alpha value is -4.45. The summed E-state index contributed by atoms with van der Waals surface area (Å²) in [5, 5.41) is 10.3. The summed E-state index contributed by atoms with van der Waals surface area (Å²) in [4.78, 5) is 12.5. The average Bonchev–Trinajstić information content (AvgIpc) is 3.44. The number of hydrogen-bond donors (Lipinski definition) is 2. The first-order valence-electron chi connectivity index (χ1n) is 9.93. The lowest BCUT2D eigenvalue weighted by Crippen LogP contribution is -2.31. The van der Waals surface area contributed by atoms with E-state index in [0.29, 0.717) is 17.1 Å². The van der Waals surface area contributed by atoms with Gasteiger partial charge in [-0.2, -0.15) is 0 Å². The van der Waals surface area contributed by atoms with Crippen LogP contribution in [0.25, 0.3) is 44.8 Å². The number of phenolic OH excluding ortho intramolecular Hbond substituents is 1. The van der Waals surface area contributed by atoms with Gasteiger partial charge >= 0.3 is 0 Å². The van der Waals surface area contributed by atoms with Crippen LogP contribution in [0.1, 0.15) is 0 Å². The number of aromatic hydroxyl groups is 1. The summed E-state index contributed by atoms with van der Waals surface area (Å²) < 4.78 is 3.94. The Balaban J connectivity index is 1.58. The molecule has 0 spiro atoms. The van der Waals surface area contributed by atoms with Crippen molar-refractivity contribution in [2.75, 3.05) is 0 Å². The number of pyridine rings is 1. The number of imidazole rings is 2. The summed E-state index contributed by atoms with van der Waals surface area (Å²) >= 11 is 0. The third-order valence-electron chi connectivity index (χ3n) is 5.38. The number of fused-ring (bicyclic) bond motifs is 2. The molecule has 3 heterocycles. The largest absolute Gasteiger partial charge is 0.507 e. The van der Waals surface area contributed by atoms with Gasteiger partial charge in [-0.15, -0.1) is 4.98 Å². The summed E-state index contributed by atoms with van der Waals surface area (Å²) in [6.07, 6.45) is 5.15. The lowest BCUT2D eigenvalue weighted by molar-refractivity contribution is -0.576. The van der Waals surface area contributed by atoms with Crippen LogP contribution in [0.2, 0.25) is 0 Å². The van der Waals surface area contributed by atoms with Gasteiger partial charge in [0.25, 0.3) is 0 Å².